The monoisotopic (exact) mass is 322 g/mol. The molecule has 21 heavy (non-hydrogen) atoms. The highest BCUT2D eigenvalue weighted by Crippen LogP contribution is 2.34. The van der Waals surface area contributed by atoms with Crippen LogP contribution in [0.3, 0.4) is 0 Å². The minimum atomic E-state index is -0.147. The van der Waals surface area contributed by atoms with E-state index < -0.39 is 0 Å². The SMILES string of the molecule is Cn1cc(N2CCCC(Sc3ncccc3Cl)C2=O)cn1. The third-order valence-corrected chi connectivity index (χ3v) is 5.06. The lowest BCUT2D eigenvalue weighted by molar-refractivity contribution is -0.119. The van der Waals surface area contributed by atoms with E-state index in [2.05, 4.69) is 10.1 Å². The van der Waals surface area contributed by atoms with Crippen LogP contribution in [0.4, 0.5) is 5.69 Å². The highest BCUT2D eigenvalue weighted by molar-refractivity contribution is 8.00. The number of aryl methyl sites for hydroxylation is 1. The highest BCUT2D eigenvalue weighted by atomic mass is 35.5. The molecular formula is C14H15ClN4OS. The number of halogens is 1. The van der Waals surface area contributed by atoms with Crippen LogP contribution in [-0.2, 0) is 11.8 Å². The number of nitrogens with zero attached hydrogens (tertiary/aromatic N) is 4. The molecule has 1 atom stereocenters. The summed E-state index contributed by atoms with van der Waals surface area (Å²) in [5.41, 5.74) is 0.847. The first-order chi connectivity index (χ1) is 10.1. The second-order valence-electron chi connectivity index (χ2n) is 4.90. The van der Waals surface area contributed by atoms with E-state index in [9.17, 15) is 4.79 Å². The lowest BCUT2D eigenvalue weighted by Crippen LogP contribution is -2.42. The summed E-state index contributed by atoms with van der Waals surface area (Å²) in [5.74, 6) is 0.0981. The number of anilines is 1. The number of hydrogen-bond donors (Lipinski definition) is 0. The van der Waals surface area contributed by atoms with E-state index in [0.717, 1.165) is 25.1 Å². The third kappa shape index (κ3) is 3.06. The second-order valence-corrected chi connectivity index (χ2v) is 6.50. The number of carbonyl (C=O) groups excluding carboxylic acids is 1. The van der Waals surface area contributed by atoms with Crippen molar-refractivity contribution in [2.75, 3.05) is 11.4 Å². The van der Waals surface area contributed by atoms with E-state index in [1.54, 1.807) is 34.1 Å². The molecule has 5 nitrogen and oxygen atoms in total. The van der Waals surface area contributed by atoms with E-state index in [1.165, 1.54) is 11.8 Å². The Morgan fingerprint density at radius 3 is 3.05 bits per heavy atom. The van der Waals surface area contributed by atoms with Crippen molar-refractivity contribution in [1.82, 2.24) is 14.8 Å². The molecule has 0 bridgehead atoms. The topological polar surface area (TPSA) is 51.0 Å². The maximum atomic E-state index is 12.6. The van der Waals surface area contributed by atoms with Crippen molar-refractivity contribution in [3.05, 3.63) is 35.7 Å². The minimum absolute atomic E-state index is 0.0981. The van der Waals surface area contributed by atoms with Gasteiger partial charge in [-0.3, -0.25) is 9.48 Å². The zero-order valence-electron chi connectivity index (χ0n) is 11.6. The van der Waals surface area contributed by atoms with Gasteiger partial charge in [-0.05, 0) is 25.0 Å². The van der Waals surface area contributed by atoms with Crippen LogP contribution in [0, 0.1) is 0 Å². The summed E-state index contributed by atoms with van der Waals surface area (Å²) in [7, 11) is 1.85. The first kappa shape index (κ1) is 14.4. The van der Waals surface area contributed by atoms with Crippen molar-refractivity contribution in [1.29, 1.82) is 0 Å². The summed E-state index contributed by atoms with van der Waals surface area (Å²) in [4.78, 5) is 18.7. The molecule has 0 aromatic carbocycles. The zero-order valence-corrected chi connectivity index (χ0v) is 13.1. The number of thioether (sulfide) groups is 1. The summed E-state index contributed by atoms with van der Waals surface area (Å²) in [6.07, 6.45) is 7.08. The minimum Gasteiger partial charge on any atom is -0.309 e. The van der Waals surface area contributed by atoms with Crippen molar-refractivity contribution in [3.63, 3.8) is 0 Å². The van der Waals surface area contributed by atoms with Crippen molar-refractivity contribution in [2.24, 2.45) is 7.05 Å². The smallest absolute Gasteiger partial charge is 0.240 e. The van der Waals surface area contributed by atoms with Gasteiger partial charge in [-0.2, -0.15) is 5.10 Å². The molecule has 110 valence electrons. The Balaban J connectivity index is 1.78. The molecule has 3 heterocycles. The molecule has 1 aliphatic rings. The molecule has 1 amide bonds. The molecule has 1 saturated heterocycles. The van der Waals surface area contributed by atoms with Gasteiger partial charge in [0.1, 0.15) is 5.03 Å². The number of aromatic nitrogens is 3. The Morgan fingerprint density at radius 1 is 1.48 bits per heavy atom. The van der Waals surface area contributed by atoms with Gasteiger partial charge in [0.05, 0.1) is 22.2 Å². The fraction of sp³-hybridized carbons (Fsp3) is 0.357. The number of hydrogen-bond acceptors (Lipinski definition) is 4. The molecular weight excluding hydrogens is 308 g/mol. The zero-order chi connectivity index (χ0) is 14.8. The van der Waals surface area contributed by atoms with E-state index in [4.69, 9.17) is 11.6 Å². The fourth-order valence-electron chi connectivity index (χ4n) is 2.35. The van der Waals surface area contributed by atoms with Crippen molar-refractivity contribution in [3.8, 4) is 0 Å². The van der Waals surface area contributed by atoms with Gasteiger partial charge in [0.25, 0.3) is 0 Å². The molecule has 3 rings (SSSR count). The van der Waals surface area contributed by atoms with E-state index in [0.29, 0.717) is 10.0 Å². The van der Waals surface area contributed by atoms with Crippen LogP contribution in [0.5, 0.6) is 0 Å². The van der Waals surface area contributed by atoms with Crippen molar-refractivity contribution >= 4 is 35.0 Å². The maximum absolute atomic E-state index is 12.6. The third-order valence-electron chi connectivity index (χ3n) is 3.37. The molecule has 1 fully saturated rings. The summed E-state index contributed by atoms with van der Waals surface area (Å²) >= 11 is 7.57. The predicted molar refractivity (Wildman–Crippen MR) is 83.7 cm³/mol. The Morgan fingerprint density at radius 2 is 2.33 bits per heavy atom. The Hall–Kier alpha value is -1.53. The summed E-state index contributed by atoms with van der Waals surface area (Å²) in [5, 5.41) is 5.29. The predicted octanol–water partition coefficient (Wildman–Crippen LogP) is 2.76. The van der Waals surface area contributed by atoms with Gasteiger partial charge < -0.3 is 4.90 Å². The number of carbonyl (C=O) groups is 1. The first-order valence-electron chi connectivity index (χ1n) is 6.72. The fourth-order valence-corrected chi connectivity index (χ4v) is 3.69. The normalized spacial score (nSPS) is 19.0. The molecule has 1 unspecified atom stereocenters. The molecule has 0 aliphatic carbocycles. The number of pyridine rings is 1. The molecule has 7 heteroatoms. The molecule has 2 aromatic heterocycles. The number of rotatable bonds is 3. The van der Waals surface area contributed by atoms with Crippen LogP contribution in [0.1, 0.15) is 12.8 Å². The van der Waals surface area contributed by atoms with E-state index in [1.807, 2.05) is 13.2 Å². The summed E-state index contributed by atoms with van der Waals surface area (Å²) in [6.45, 7) is 0.734. The maximum Gasteiger partial charge on any atom is 0.240 e. The van der Waals surface area contributed by atoms with E-state index in [-0.39, 0.29) is 11.2 Å². The second kappa shape index (κ2) is 6.07. The van der Waals surface area contributed by atoms with Crippen LogP contribution >= 0.6 is 23.4 Å². The lowest BCUT2D eigenvalue weighted by atomic mass is 10.1. The van der Waals surface area contributed by atoms with Crippen molar-refractivity contribution < 1.29 is 4.79 Å². The Bertz CT molecular complexity index is 660. The quantitative estimate of drug-likeness (QED) is 0.872. The summed E-state index contributed by atoms with van der Waals surface area (Å²) in [6, 6.07) is 3.58. The van der Waals surface area contributed by atoms with Crippen molar-refractivity contribution in [2.45, 2.75) is 23.1 Å². The average Bonchev–Trinajstić information content (AvgIpc) is 2.90. The van der Waals surface area contributed by atoms with Gasteiger partial charge in [-0.1, -0.05) is 23.4 Å². The molecule has 2 aromatic rings. The van der Waals surface area contributed by atoms with Crippen LogP contribution < -0.4 is 4.90 Å². The van der Waals surface area contributed by atoms with Gasteiger partial charge in [-0.15, -0.1) is 0 Å². The standard InChI is InChI=1S/C14H15ClN4OS/c1-18-9-10(8-17-18)19-7-3-5-12(14(19)20)21-13-11(15)4-2-6-16-13/h2,4,6,8-9,12H,3,5,7H2,1H3. The lowest BCUT2D eigenvalue weighted by Gasteiger charge is -2.30. The van der Waals surface area contributed by atoms with Crippen LogP contribution in [0.25, 0.3) is 0 Å². The highest BCUT2D eigenvalue weighted by Gasteiger charge is 2.31. The average molecular weight is 323 g/mol. The van der Waals surface area contributed by atoms with Crippen LogP contribution in [0.2, 0.25) is 5.02 Å². The van der Waals surface area contributed by atoms with Crippen LogP contribution in [0.15, 0.2) is 35.7 Å². The number of amides is 1. The molecule has 0 N–H and O–H groups in total. The molecule has 0 saturated carbocycles. The van der Waals surface area contributed by atoms with Crippen LogP contribution in [-0.4, -0.2) is 32.5 Å². The summed E-state index contributed by atoms with van der Waals surface area (Å²) < 4.78 is 1.70. The first-order valence-corrected chi connectivity index (χ1v) is 7.98. The van der Waals surface area contributed by atoms with E-state index >= 15 is 0 Å². The van der Waals surface area contributed by atoms with Gasteiger partial charge in [0, 0.05) is 26.0 Å². The van der Waals surface area contributed by atoms with Gasteiger partial charge >= 0.3 is 0 Å². The Kier molecular flexibility index (Phi) is 4.17. The van der Waals surface area contributed by atoms with Gasteiger partial charge in [0.15, 0.2) is 0 Å². The Labute approximate surface area is 132 Å². The largest absolute Gasteiger partial charge is 0.309 e. The van der Waals surface area contributed by atoms with Gasteiger partial charge in [-0.25, -0.2) is 4.98 Å². The molecule has 0 spiro atoms. The van der Waals surface area contributed by atoms with Gasteiger partial charge in [0.2, 0.25) is 5.91 Å². The molecule has 0 radical (unpaired) electrons. The number of piperidine rings is 1. The molecule has 1 aliphatic heterocycles.